The van der Waals surface area contributed by atoms with Crippen molar-refractivity contribution in [3.8, 4) is 11.5 Å². The Balaban J connectivity index is 1.79. The zero-order valence-corrected chi connectivity index (χ0v) is 19.2. The van der Waals surface area contributed by atoms with E-state index < -0.39 is 30.1 Å². The van der Waals surface area contributed by atoms with Crippen molar-refractivity contribution in [2.75, 3.05) is 0 Å². The molecular formula is C18H11BrN2O10S2. The first-order valence-electron chi connectivity index (χ1n) is 8.56. The van der Waals surface area contributed by atoms with Crippen LogP contribution in [-0.2, 0) is 20.2 Å². The van der Waals surface area contributed by atoms with Crippen molar-refractivity contribution in [2.24, 2.45) is 0 Å². The number of nitrogens with zero attached hydrogens (tertiary/aromatic N) is 2. The highest BCUT2D eigenvalue weighted by atomic mass is 79.9. The van der Waals surface area contributed by atoms with Crippen LogP contribution in [0.5, 0.6) is 11.5 Å². The zero-order chi connectivity index (χ0) is 24.4. The number of halogens is 1. The highest BCUT2D eigenvalue weighted by Crippen LogP contribution is 2.33. The van der Waals surface area contributed by atoms with Gasteiger partial charge >= 0.3 is 20.2 Å². The molecule has 0 spiro atoms. The Bertz CT molecular complexity index is 1440. The van der Waals surface area contributed by atoms with Crippen LogP contribution in [0.3, 0.4) is 0 Å². The van der Waals surface area contributed by atoms with Gasteiger partial charge in [-0.15, -0.1) is 0 Å². The Morgan fingerprint density at radius 2 is 1.09 bits per heavy atom. The van der Waals surface area contributed by atoms with E-state index in [1.165, 1.54) is 0 Å². The first-order chi connectivity index (χ1) is 15.4. The van der Waals surface area contributed by atoms with Crippen LogP contribution >= 0.6 is 15.9 Å². The monoisotopic (exact) mass is 558 g/mol. The van der Waals surface area contributed by atoms with Crippen LogP contribution in [0.4, 0.5) is 11.4 Å². The summed E-state index contributed by atoms with van der Waals surface area (Å²) in [4.78, 5) is 19.4. The first kappa shape index (κ1) is 24.1. The summed E-state index contributed by atoms with van der Waals surface area (Å²) in [7, 11) is -8.68. The summed E-state index contributed by atoms with van der Waals surface area (Å²) < 4.78 is 59.6. The smallest absolute Gasteiger partial charge is 0.339 e. The van der Waals surface area contributed by atoms with Crippen molar-refractivity contribution in [1.29, 1.82) is 0 Å². The van der Waals surface area contributed by atoms with Gasteiger partial charge < -0.3 is 8.37 Å². The van der Waals surface area contributed by atoms with Gasteiger partial charge in [-0.3, -0.25) is 20.2 Å². The topological polar surface area (TPSA) is 173 Å². The second kappa shape index (κ2) is 9.13. The van der Waals surface area contributed by atoms with Gasteiger partial charge in [0.25, 0.3) is 11.4 Å². The number of benzene rings is 3. The molecule has 33 heavy (non-hydrogen) atoms. The number of nitro benzene ring substituents is 2. The van der Waals surface area contributed by atoms with E-state index >= 15 is 0 Å². The van der Waals surface area contributed by atoms with Crippen molar-refractivity contribution in [2.45, 2.75) is 9.79 Å². The fourth-order valence-electron chi connectivity index (χ4n) is 2.41. The van der Waals surface area contributed by atoms with E-state index in [1.807, 2.05) is 0 Å². The lowest BCUT2D eigenvalue weighted by Gasteiger charge is -2.11. The lowest BCUT2D eigenvalue weighted by Crippen LogP contribution is -2.11. The predicted molar refractivity (Wildman–Crippen MR) is 116 cm³/mol. The number of hydrogen-bond acceptors (Lipinski definition) is 10. The van der Waals surface area contributed by atoms with Crippen LogP contribution in [0, 0.1) is 20.2 Å². The van der Waals surface area contributed by atoms with Crippen molar-refractivity contribution >= 4 is 47.5 Å². The minimum atomic E-state index is -4.35. The molecule has 0 aliphatic heterocycles. The minimum absolute atomic E-state index is 0.0318. The molecule has 172 valence electrons. The fourth-order valence-corrected chi connectivity index (χ4v) is 4.83. The van der Waals surface area contributed by atoms with E-state index in [0.29, 0.717) is 0 Å². The number of non-ortho nitro benzene ring substituents is 2. The largest absolute Gasteiger partial charge is 0.379 e. The van der Waals surface area contributed by atoms with E-state index in [2.05, 4.69) is 15.9 Å². The molecule has 3 aromatic rings. The molecule has 0 heterocycles. The molecule has 0 fully saturated rings. The van der Waals surface area contributed by atoms with Crippen LogP contribution in [-0.4, -0.2) is 26.7 Å². The molecule has 3 rings (SSSR count). The molecule has 0 bridgehead atoms. The van der Waals surface area contributed by atoms with Crippen molar-refractivity contribution in [1.82, 2.24) is 0 Å². The van der Waals surface area contributed by atoms with Crippen molar-refractivity contribution < 1.29 is 35.0 Å². The maximum atomic E-state index is 12.4. The number of hydrogen-bond donors (Lipinski definition) is 0. The maximum absolute atomic E-state index is 12.4. The van der Waals surface area contributed by atoms with Gasteiger partial charge in [0.15, 0.2) is 5.75 Å². The minimum Gasteiger partial charge on any atom is -0.379 e. The quantitative estimate of drug-likeness (QED) is 0.224. The Kier molecular flexibility index (Phi) is 6.66. The van der Waals surface area contributed by atoms with Crippen molar-refractivity contribution in [3.63, 3.8) is 0 Å². The number of rotatable bonds is 8. The summed E-state index contributed by atoms with van der Waals surface area (Å²) in [6.45, 7) is 0. The second-order valence-electron chi connectivity index (χ2n) is 6.17. The summed E-state index contributed by atoms with van der Waals surface area (Å²) in [6.07, 6.45) is 0. The molecule has 0 radical (unpaired) electrons. The van der Waals surface area contributed by atoms with Gasteiger partial charge in [0, 0.05) is 24.3 Å². The van der Waals surface area contributed by atoms with Gasteiger partial charge in [-0.05, 0) is 58.4 Å². The van der Waals surface area contributed by atoms with Crippen LogP contribution in [0.25, 0.3) is 0 Å². The normalized spacial score (nSPS) is 11.5. The Hall–Kier alpha value is -3.56. The molecule has 0 atom stereocenters. The molecule has 0 amide bonds. The molecule has 0 aliphatic rings. The Morgan fingerprint density at radius 3 is 1.48 bits per heavy atom. The Morgan fingerprint density at radius 1 is 0.667 bits per heavy atom. The molecular weight excluding hydrogens is 548 g/mol. The summed E-state index contributed by atoms with van der Waals surface area (Å²) in [5.41, 5.74) is -0.599. The summed E-state index contributed by atoms with van der Waals surface area (Å²) in [5.74, 6) is -0.395. The van der Waals surface area contributed by atoms with E-state index in [0.717, 1.165) is 66.7 Å². The number of nitro groups is 2. The van der Waals surface area contributed by atoms with Gasteiger partial charge in [0.05, 0.1) is 14.3 Å². The zero-order valence-electron chi connectivity index (χ0n) is 16.0. The van der Waals surface area contributed by atoms with E-state index in [9.17, 15) is 37.1 Å². The maximum Gasteiger partial charge on any atom is 0.339 e. The van der Waals surface area contributed by atoms with Gasteiger partial charge in [0.2, 0.25) is 0 Å². The lowest BCUT2D eigenvalue weighted by atomic mass is 10.3. The summed E-state index contributed by atoms with van der Waals surface area (Å²) >= 11 is 3.06. The van der Waals surface area contributed by atoms with Gasteiger partial charge in [-0.1, -0.05) is 0 Å². The third-order valence-corrected chi connectivity index (χ3v) is 7.11. The lowest BCUT2D eigenvalue weighted by molar-refractivity contribution is -0.385. The highest BCUT2D eigenvalue weighted by Gasteiger charge is 2.22. The summed E-state index contributed by atoms with van der Waals surface area (Å²) in [6, 6.07) is 11.5. The van der Waals surface area contributed by atoms with Gasteiger partial charge in [-0.2, -0.15) is 16.8 Å². The average Bonchev–Trinajstić information content (AvgIpc) is 2.75. The van der Waals surface area contributed by atoms with Gasteiger partial charge in [-0.25, -0.2) is 0 Å². The first-order valence-corrected chi connectivity index (χ1v) is 12.2. The molecule has 0 aromatic heterocycles. The molecule has 12 nitrogen and oxygen atoms in total. The van der Waals surface area contributed by atoms with Crippen LogP contribution in [0.2, 0.25) is 0 Å². The van der Waals surface area contributed by atoms with Gasteiger partial charge in [0.1, 0.15) is 15.5 Å². The molecule has 0 unspecified atom stereocenters. The van der Waals surface area contributed by atoms with E-state index in [1.54, 1.807) is 0 Å². The second-order valence-corrected chi connectivity index (χ2v) is 10.1. The van der Waals surface area contributed by atoms with Crippen molar-refractivity contribution in [3.05, 3.63) is 91.4 Å². The Labute approximate surface area is 195 Å². The molecule has 0 aliphatic carbocycles. The SMILES string of the molecule is O=[N+]([O-])c1ccc(S(=O)(=O)Oc2ccc(OS(=O)(=O)c3ccc([N+](=O)[O-])cc3)c(Br)c2)cc1. The predicted octanol–water partition coefficient (Wildman–Crippen LogP) is 3.80. The fraction of sp³-hybridized carbons (Fsp3) is 0. The molecule has 0 saturated carbocycles. The van der Waals surface area contributed by atoms with E-state index in [4.69, 9.17) is 8.37 Å². The third kappa shape index (κ3) is 5.63. The van der Waals surface area contributed by atoms with E-state index in [-0.39, 0.29) is 37.1 Å². The third-order valence-electron chi connectivity index (χ3n) is 3.98. The average molecular weight is 559 g/mol. The highest BCUT2D eigenvalue weighted by molar-refractivity contribution is 9.10. The van der Waals surface area contributed by atoms with Crippen LogP contribution in [0.1, 0.15) is 0 Å². The molecule has 3 aromatic carbocycles. The molecule has 0 saturated heterocycles. The molecule has 0 N–H and O–H groups in total. The summed E-state index contributed by atoms with van der Waals surface area (Å²) in [5, 5.41) is 21.4. The standard InChI is InChI=1S/C18H11BrN2O10S2/c19-17-11-14(30-32(26,27)15-6-1-12(2-7-15)20(22)23)5-10-18(17)31-33(28,29)16-8-3-13(4-9-16)21(24)25/h1-11H. The van der Waals surface area contributed by atoms with Crippen LogP contribution < -0.4 is 8.37 Å². The van der Waals surface area contributed by atoms with Crippen LogP contribution in [0.15, 0.2) is 81.0 Å². The molecule has 15 heteroatoms.